The molecule has 0 saturated carbocycles. The molecule has 0 heterocycles. The predicted octanol–water partition coefficient (Wildman–Crippen LogP) is 2.79. The minimum Gasteiger partial charge on any atom is -0.493 e. The van der Waals surface area contributed by atoms with Gasteiger partial charge >= 0.3 is 12.8 Å². The van der Waals surface area contributed by atoms with Crippen LogP contribution in [-0.4, -0.2) is 68.7 Å². The first-order valence-electron chi connectivity index (χ1n) is 7.79. The van der Waals surface area contributed by atoms with E-state index in [1.54, 1.807) is 0 Å². The van der Waals surface area contributed by atoms with Gasteiger partial charge in [-0.05, 0) is 23.8 Å². The molecule has 6 nitrogen and oxygen atoms in total. The predicted molar refractivity (Wildman–Crippen MR) is 90.0 cm³/mol. The number of hydrogen-bond acceptors (Lipinski definition) is 4. The van der Waals surface area contributed by atoms with Crippen LogP contribution in [0.3, 0.4) is 0 Å². The van der Waals surface area contributed by atoms with Crippen LogP contribution < -0.4 is 9.47 Å². The van der Waals surface area contributed by atoms with Crippen molar-refractivity contribution >= 4 is 17.9 Å². The lowest BCUT2D eigenvalue weighted by Gasteiger charge is -2.23. The van der Waals surface area contributed by atoms with Gasteiger partial charge in [-0.25, -0.2) is 0 Å². The monoisotopic (exact) mass is 410 g/mol. The average Bonchev–Trinajstić information content (AvgIpc) is 2.58. The minimum absolute atomic E-state index is 0.0511. The Hall–Kier alpha value is -2.85. The number of methoxy groups -OCH3 is 1. The highest BCUT2D eigenvalue weighted by Gasteiger charge is 2.33. The van der Waals surface area contributed by atoms with Gasteiger partial charge in [-0.1, -0.05) is 6.07 Å². The molecule has 1 rings (SSSR count). The summed E-state index contributed by atoms with van der Waals surface area (Å²) in [6.07, 6.45) is -2.68. The van der Waals surface area contributed by atoms with Crippen molar-refractivity contribution in [1.29, 1.82) is 0 Å². The number of rotatable bonds is 8. The van der Waals surface area contributed by atoms with Crippen molar-refractivity contribution in [2.75, 3.05) is 34.3 Å². The Balaban J connectivity index is 2.99. The molecular weight excluding hydrogens is 391 g/mol. The molecule has 0 aliphatic heterocycles. The van der Waals surface area contributed by atoms with Gasteiger partial charge in [0.1, 0.15) is 13.1 Å². The lowest BCUT2D eigenvalue weighted by Crippen LogP contribution is -2.44. The molecule has 0 aliphatic rings. The summed E-state index contributed by atoms with van der Waals surface area (Å²) in [6.45, 7) is -5.41. The van der Waals surface area contributed by atoms with E-state index >= 15 is 0 Å². The first-order chi connectivity index (χ1) is 12.9. The van der Waals surface area contributed by atoms with Crippen LogP contribution in [0.4, 0.5) is 22.0 Å². The molecule has 0 saturated heterocycles. The summed E-state index contributed by atoms with van der Waals surface area (Å²) in [4.78, 5) is 25.2. The number of carbonyl (C=O) groups excluding carboxylic acids is 2. The molecule has 1 aromatic rings. The Labute approximate surface area is 158 Å². The highest BCUT2D eigenvalue weighted by Crippen LogP contribution is 2.29. The molecule has 0 fully saturated rings. The summed E-state index contributed by atoms with van der Waals surface area (Å²) in [6, 6.07) is 3.74. The molecule has 0 N–H and O–H groups in total. The second kappa shape index (κ2) is 9.90. The summed E-state index contributed by atoms with van der Waals surface area (Å²) < 4.78 is 71.9. The number of halogens is 5. The Morgan fingerprint density at radius 3 is 2.32 bits per heavy atom. The van der Waals surface area contributed by atoms with Gasteiger partial charge in [-0.15, -0.1) is 0 Å². The first kappa shape index (κ1) is 23.2. The van der Waals surface area contributed by atoms with E-state index in [4.69, 9.17) is 4.74 Å². The number of nitrogens with zero attached hydrogens (tertiary/aromatic N) is 2. The van der Waals surface area contributed by atoms with Crippen LogP contribution in [0.2, 0.25) is 0 Å². The summed E-state index contributed by atoms with van der Waals surface area (Å²) in [5, 5.41) is 0. The summed E-state index contributed by atoms with van der Waals surface area (Å²) in [5.41, 5.74) is 0.290. The van der Waals surface area contributed by atoms with E-state index in [2.05, 4.69) is 4.74 Å². The maximum atomic E-state index is 12.7. The molecule has 0 aliphatic carbocycles. The quantitative estimate of drug-likeness (QED) is 0.489. The van der Waals surface area contributed by atoms with Crippen LogP contribution in [-0.2, 0) is 9.59 Å². The largest absolute Gasteiger partial charge is 0.493 e. The molecule has 0 radical (unpaired) electrons. The standard InChI is InChI=1S/C17H19F5N2O4/c1-23(2)15(26)9-24(10-17(20,21)22)14(25)7-5-11-4-6-12(28-16(18)19)13(8-11)27-3/h4-8,16H,9-10H2,1-3H3/b7-5+. The van der Waals surface area contributed by atoms with Crippen LogP contribution in [0.25, 0.3) is 6.08 Å². The van der Waals surface area contributed by atoms with Gasteiger partial charge in [0.25, 0.3) is 0 Å². The topological polar surface area (TPSA) is 59.1 Å². The summed E-state index contributed by atoms with van der Waals surface area (Å²) in [5.74, 6) is -2.01. The van der Waals surface area contributed by atoms with Gasteiger partial charge in [0.2, 0.25) is 11.8 Å². The Bertz CT molecular complexity index is 720. The highest BCUT2D eigenvalue weighted by molar-refractivity contribution is 5.94. The van der Waals surface area contributed by atoms with Crippen molar-refractivity contribution in [2.45, 2.75) is 12.8 Å². The molecule has 156 valence electrons. The fourth-order valence-corrected chi connectivity index (χ4v) is 1.99. The van der Waals surface area contributed by atoms with Crippen molar-refractivity contribution in [3.8, 4) is 11.5 Å². The number of likely N-dealkylation sites (N-methyl/N-ethyl adjacent to an activating group) is 1. The van der Waals surface area contributed by atoms with Crippen molar-refractivity contribution in [1.82, 2.24) is 9.80 Å². The van der Waals surface area contributed by atoms with E-state index in [0.717, 1.165) is 17.0 Å². The lowest BCUT2D eigenvalue weighted by atomic mass is 10.2. The zero-order valence-corrected chi connectivity index (χ0v) is 15.3. The number of carbonyl (C=O) groups is 2. The first-order valence-corrected chi connectivity index (χ1v) is 7.79. The number of ether oxygens (including phenoxy) is 2. The second-order valence-electron chi connectivity index (χ2n) is 5.72. The van der Waals surface area contributed by atoms with E-state index in [-0.39, 0.29) is 17.1 Å². The number of benzene rings is 1. The molecular formula is C17H19F5N2O4. The molecule has 0 spiro atoms. The molecule has 1 aromatic carbocycles. The fraction of sp³-hybridized carbons (Fsp3) is 0.412. The SMILES string of the molecule is COc1cc(/C=C/C(=O)N(CC(=O)N(C)C)CC(F)(F)F)ccc1OC(F)F. The highest BCUT2D eigenvalue weighted by atomic mass is 19.4. The Kier molecular flexibility index (Phi) is 8.20. The van der Waals surface area contributed by atoms with E-state index < -0.39 is 37.7 Å². The summed E-state index contributed by atoms with van der Waals surface area (Å²) in [7, 11) is 3.91. The Morgan fingerprint density at radius 2 is 1.82 bits per heavy atom. The smallest absolute Gasteiger partial charge is 0.406 e. The fourth-order valence-electron chi connectivity index (χ4n) is 1.99. The van der Waals surface area contributed by atoms with Crippen LogP contribution in [0.15, 0.2) is 24.3 Å². The maximum Gasteiger partial charge on any atom is 0.406 e. The van der Waals surface area contributed by atoms with Gasteiger partial charge < -0.3 is 19.3 Å². The molecule has 0 bridgehead atoms. The Morgan fingerprint density at radius 1 is 1.18 bits per heavy atom. The zero-order chi connectivity index (χ0) is 21.5. The molecule has 11 heteroatoms. The van der Waals surface area contributed by atoms with Crippen molar-refractivity contribution in [2.24, 2.45) is 0 Å². The molecule has 0 aromatic heterocycles. The van der Waals surface area contributed by atoms with E-state index in [1.165, 1.54) is 39.4 Å². The maximum absolute atomic E-state index is 12.7. The van der Waals surface area contributed by atoms with Gasteiger partial charge in [-0.2, -0.15) is 22.0 Å². The third-order valence-electron chi connectivity index (χ3n) is 3.33. The van der Waals surface area contributed by atoms with Crippen molar-refractivity contribution < 1.29 is 41.0 Å². The van der Waals surface area contributed by atoms with Crippen molar-refractivity contribution in [3.63, 3.8) is 0 Å². The van der Waals surface area contributed by atoms with E-state index in [9.17, 15) is 31.5 Å². The normalized spacial score (nSPS) is 11.6. The second-order valence-corrected chi connectivity index (χ2v) is 5.72. The van der Waals surface area contributed by atoms with Crippen molar-refractivity contribution in [3.05, 3.63) is 29.8 Å². The van der Waals surface area contributed by atoms with Crippen LogP contribution in [0.5, 0.6) is 11.5 Å². The zero-order valence-electron chi connectivity index (χ0n) is 15.3. The molecule has 0 unspecified atom stereocenters. The molecule has 2 amide bonds. The average molecular weight is 410 g/mol. The van der Waals surface area contributed by atoms with Gasteiger partial charge in [0, 0.05) is 20.2 Å². The van der Waals surface area contributed by atoms with Gasteiger partial charge in [0.05, 0.1) is 7.11 Å². The van der Waals surface area contributed by atoms with E-state index in [0.29, 0.717) is 4.90 Å². The molecule has 28 heavy (non-hydrogen) atoms. The van der Waals surface area contributed by atoms with Gasteiger partial charge in [0.15, 0.2) is 11.5 Å². The number of alkyl halides is 5. The van der Waals surface area contributed by atoms with Gasteiger partial charge in [-0.3, -0.25) is 9.59 Å². The summed E-state index contributed by atoms with van der Waals surface area (Å²) >= 11 is 0. The molecule has 0 atom stereocenters. The third kappa shape index (κ3) is 7.80. The number of amides is 2. The van der Waals surface area contributed by atoms with Crippen LogP contribution in [0, 0.1) is 0 Å². The third-order valence-corrected chi connectivity index (χ3v) is 3.33. The van der Waals surface area contributed by atoms with Crippen LogP contribution in [0.1, 0.15) is 5.56 Å². The van der Waals surface area contributed by atoms with E-state index in [1.807, 2.05) is 0 Å². The minimum atomic E-state index is -4.69. The number of hydrogen-bond donors (Lipinski definition) is 0. The lowest BCUT2D eigenvalue weighted by molar-refractivity contribution is -0.161. The van der Waals surface area contributed by atoms with Crippen LogP contribution >= 0.6 is 0 Å².